The fraction of sp³-hybridized carbons (Fsp3) is 0.393. The Hall–Kier alpha value is -4.24. The lowest BCUT2D eigenvalue weighted by Gasteiger charge is -2.19. The summed E-state index contributed by atoms with van der Waals surface area (Å²) in [6, 6.07) is 7.85. The molecule has 12 heteroatoms. The predicted octanol–water partition coefficient (Wildman–Crippen LogP) is 3.71. The zero-order valence-electron chi connectivity index (χ0n) is 22.2. The first-order chi connectivity index (χ1) is 19.3. The molecule has 40 heavy (non-hydrogen) atoms. The van der Waals surface area contributed by atoms with Gasteiger partial charge >= 0.3 is 0 Å². The van der Waals surface area contributed by atoms with Gasteiger partial charge < -0.3 is 5.32 Å². The summed E-state index contributed by atoms with van der Waals surface area (Å²) < 4.78 is 26.0. The van der Waals surface area contributed by atoms with Gasteiger partial charge in [-0.3, -0.25) is 9.36 Å². The fourth-order valence-electron chi connectivity index (χ4n) is 5.01. The largest absolute Gasteiger partial charge is 0.361 e. The van der Waals surface area contributed by atoms with Crippen molar-refractivity contribution < 1.29 is 8.42 Å². The minimum Gasteiger partial charge on any atom is -0.361 e. The maximum atomic E-state index is 13.8. The number of anilines is 1. The third kappa shape index (κ3) is 4.93. The van der Waals surface area contributed by atoms with E-state index in [1.165, 1.54) is 12.1 Å². The minimum absolute atomic E-state index is 0.0676. The molecule has 3 heterocycles. The number of aryl methyl sites for hydroxylation is 1. The van der Waals surface area contributed by atoms with Gasteiger partial charge in [-0.2, -0.15) is 5.26 Å². The van der Waals surface area contributed by atoms with E-state index in [1.807, 2.05) is 13.8 Å². The Bertz CT molecular complexity index is 1820. The molecule has 1 atom stereocenters. The Morgan fingerprint density at radius 2 is 1.85 bits per heavy atom. The van der Waals surface area contributed by atoms with Crippen LogP contribution in [0.15, 0.2) is 46.5 Å². The molecule has 1 aromatic carbocycles. The smallest absolute Gasteiger partial charge is 0.295 e. The van der Waals surface area contributed by atoms with Gasteiger partial charge in [0.2, 0.25) is 0 Å². The quantitative estimate of drug-likeness (QED) is 0.322. The standard InChI is InChI=1S/C28H28N8O3S/c1-16-23(24(20-7-8-20)33-15-32-16)25-31-14-22-27(35-25)36(17(2)19-5-6-19)28(37)26(34-22)30-13-18-3-9-21(10-4-18)40(38,39)12-11-29/h3-4,9-10,14-15,17,19-20H,5-8,12-13H2,1-2H3,(H,30,34). The molecular formula is C28H28N8O3S. The molecule has 0 bridgehead atoms. The Kier molecular flexibility index (Phi) is 6.54. The van der Waals surface area contributed by atoms with Crippen molar-refractivity contribution in [2.75, 3.05) is 11.1 Å². The van der Waals surface area contributed by atoms with Crippen molar-refractivity contribution in [3.8, 4) is 17.5 Å². The van der Waals surface area contributed by atoms with Gasteiger partial charge in [-0.05, 0) is 63.1 Å². The minimum atomic E-state index is -3.64. The number of hydrogen-bond donors (Lipinski definition) is 1. The zero-order chi connectivity index (χ0) is 28.0. The van der Waals surface area contributed by atoms with Crippen molar-refractivity contribution in [2.24, 2.45) is 5.92 Å². The first kappa shape index (κ1) is 26.0. The van der Waals surface area contributed by atoms with E-state index in [2.05, 4.69) is 25.3 Å². The van der Waals surface area contributed by atoms with Crippen molar-refractivity contribution in [3.63, 3.8) is 0 Å². The summed E-state index contributed by atoms with van der Waals surface area (Å²) in [7, 11) is -3.64. The molecule has 4 aromatic rings. The summed E-state index contributed by atoms with van der Waals surface area (Å²) in [5, 5.41) is 11.9. The number of fused-ring (bicyclic) bond motifs is 1. The van der Waals surface area contributed by atoms with Crippen LogP contribution in [0.5, 0.6) is 0 Å². The molecule has 0 spiro atoms. The lowest BCUT2D eigenvalue weighted by molar-refractivity contribution is 0.482. The average molecular weight is 557 g/mol. The van der Waals surface area contributed by atoms with Gasteiger partial charge in [-0.25, -0.2) is 33.3 Å². The molecule has 1 unspecified atom stereocenters. The first-order valence-electron chi connectivity index (χ1n) is 13.3. The molecule has 6 rings (SSSR count). The van der Waals surface area contributed by atoms with Gasteiger partial charge in [0.05, 0.1) is 34.1 Å². The average Bonchev–Trinajstić information content (AvgIpc) is 3.85. The fourth-order valence-corrected chi connectivity index (χ4v) is 5.89. The van der Waals surface area contributed by atoms with E-state index in [4.69, 9.17) is 10.2 Å². The molecule has 0 radical (unpaired) electrons. The first-order valence-corrected chi connectivity index (χ1v) is 15.0. The highest BCUT2D eigenvalue weighted by Gasteiger charge is 2.33. The highest BCUT2D eigenvalue weighted by Crippen LogP contribution is 2.43. The van der Waals surface area contributed by atoms with Gasteiger partial charge in [-0.15, -0.1) is 0 Å². The van der Waals surface area contributed by atoms with Crippen LogP contribution < -0.4 is 10.9 Å². The summed E-state index contributed by atoms with van der Waals surface area (Å²) in [5.74, 6) is 0.871. The highest BCUT2D eigenvalue weighted by molar-refractivity contribution is 7.91. The normalized spacial score (nSPS) is 16.0. The topological polar surface area (TPSA) is 156 Å². The molecule has 2 aliphatic rings. The van der Waals surface area contributed by atoms with E-state index in [1.54, 1.807) is 35.3 Å². The summed E-state index contributed by atoms with van der Waals surface area (Å²) in [6.07, 6.45) is 7.49. The molecule has 2 saturated carbocycles. The number of nitrogens with one attached hydrogen (secondary N) is 1. The number of aromatic nitrogens is 6. The van der Waals surface area contributed by atoms with Crippen LogP contribution in [0.2, 0.25) is 0 Å². The third-order valence-electron chi connectivity index (χ3n) is 7.59. The number of hydrogen-bond acceptors (Lipinski definition) is 10. The molecule has 3 aromatic heterocycles. The van der Waals surface area contributed by atoms with E-state index >= 15 is 0 Å². The molecular weight excluding hydrogens is 528 g/mol. The molecule has 0 aliphatic heterocycles. The second-order valence-electron chi connectivity index (χ2n) is 10.5. The van der Waals surface area contributed by atoms with E-state index in [0.717, 1.165) is 48.2 Å². The van der Waals surface area contributed by atoms with E-state index in [9.17, 15) is 13.2 Å². The molecule has 11 nitrogen and oxygen atoms in total. The van der Waals surface area contributed by atoms with Crippen LogP contribution in [-0.4, -0.2) is 43.7 Å². The third-order valence-corrected chi connectivity index (χ3v) is 9.09. The lowest BCUT2D eigenvalue weighted by atomic mass is 10.1. The van der Waals surface area contributed by atoms with Crippen molar-refractivity contribution in [1.82, 2.24) is 29.5 Å². The van der Waals surface area contributed by atoms with Gasteiger partial charge in [0.1, 0.15) is 17.6 Å². The number of rotatable bonds is 9. The molecule has 2 fully saturated rings. The molecule has 1 N–H and O–H groups in total. The van der Waals surface area contributed by atoms with Crippen LogP contribution in [0, 0.1) is 24.2 Å². The second kappa shape index (κ2) is 10.1. The van der Waals surface area contributed by atoms with Crippen LogP contribution in [0.1, 0.15) is 61.5 Å². The van der Waals surface area contributed by atoms with Gasteiger partial charge in [-0.1, -0.05) is 12.1 Å². The molecule has 0 saturated heterocycles. The van der Waals surface area contributed by atoms with Crippen LogP contribution in [0.25, 0.3) is 22.6 Å². The van der Waals surface area contributed by atoms with Crippen molar-refractivity contribution >= 4 is 26.8 Å². The van der Waals surface area contributed by atoms with E-state index in [-0.39, 0.29) is 28.9 Å². The molecule has 204 valence electrons. The number of nitriles is 1. The maximum absolute atomic E-state index is 13.8. The summed E-state index contributed by atoms with van der Waals surface area (Å²) >= 11 is 0. The predicted molar refractivity (Wildman–Crippen MR) is 148 cm³/mol. The summed E-state index contributed by atoms with van der Waals surface area (Å²) in [6.45, 7) is 4.22. The molecule has 0 amide bonds. The number of nitrogens with zero attached hydrogens (tertiary/aromatic N) is 7. The summed E-state index contributed by atoms with van der Waals surface area (Å²) in [4.78, 5) is 36.9. The zero-order valence-corrected chi connectivity index (χ0v) is 23.0. The van der Waals surface area contributed by atoms with Crippen molar-refractivity contribution in [2.45, 2.75) is 62.9 Å². The Balaban J connectivity index is 1.37. The SMILES string of the molecule is Cc1ncnc(C2CC2)c1-c1ncc2nc(NCc3ccc(S(=O)(=O)CC#N)cc3)c(=O)n(C(C)C3CC3)c2n1. The Labute approximate surface area is 231 Å². The van der Waals surface area contributed by atoms with Crippen LogP contribution in [-0.2, 0) is 16.4 Å². The maximum Gasteiger partial charge on any atom is 0.295 e. The van der Waals surface area contributed by atoms with Crippen LogP contribution in [0.3, 0.4) is 0 Å². The molecule has 2 aliphatic carbocycles. The van der Waals surface area contributed by atoms with Crippen molar-refractivity contribution in [3.05, 3.63) is 64.1 Å². The highest BCUT2D eigenvalue weighted by atomic mass is 32.2. The van der Waals surface area contributed by atoms with E-state index < -0.39 is 15.6 Å². The monoisotopic (exact) mass is 556 g/mol. The lowest BCUT2D eigenvalue weighted by Crippen LogP contribution is -2.29. The van der Waals surface area contributed by atoms with Crippen LogP contribution >= 0.6 is 0 Å². The van der Waals surface area contributed by atoms with Gasteiger partial charge in [0.25, 0.3) is 5.56 Å². The van der Waals surface area contributed by atoms with Crippen molar-refractivity contribution in [1.29, 1.82) is 5.26 Å². The van der Waals surface area contributed by atoms with Crippen LogP contribution in [0.4, 0.5) is 5.82 Å². The van der Waals surface area contributed by atoms with Gasteiger partial charge in [0.15, 0.2) is 27.1 Å². The Morgan fingerprint density at radius 1 is 1.10 bits per heavy atom. The number of benzene rings is 1. The summed E-state index contributed by atoms with van der Waals surface area (Å²) in [5.41, 5.74) is 4.06. The van der Waals surface area contributed by atoms with Gasteiger partial charge in [0, 0.05) is 18.5 Å². The second-order valence-corrected chi connectivity index (χ2v) is 12.5. The number of sulfone groups is 1. The Morgan fingerprint density at radius 3 is 2.52 bits per heavy atom. The van der Waals surface area contributed by atoms with E-state index in [0.29, 0.717) is 28.8 Å².